The van der Waals surface area contributed by atoms with Gasteiger partial charge in [0, 0.05) is 41.5 Å². The van der Waals surface area contributed by atoms with Gasteiger partial charge in [0.25, 0.3) is 0 Å². The molecule has 2 N–H and O–H groups in total. The van der Waals surface area contributed by atoms with Crippen LogP contribution in [0.15, 0.2) is 42.2 Å². The average Bonchev–Trinajstić information content (AvgIpc) is 3.03. The van der Waals surface area contributed by atoms with Gasteiger partial charge in [0.1, 0.15) is 0 Å². The molecule has 0 saturated carbocycles. The van der Waals surface area contributed by atoms with Gasteiger partial charge in [-0.15, -0.1) is 0 Å². The van der Waals surface area contributed by atoms with Gasteiger partial charge < -0.3 is 5.32 Å². The molecule has 3 rings (SSSR count). The second kappa shape index (κ2) is 5.18. The van der Waals surface area contributed by atoms with Crippen LogP contribution in [0.1, 0.15) is 5.56 Å². The largest absolute Gasteiger partial charge is 0.305 e. The second-order valence-electron chi connectivity index (χ2n) is 4.66. The van der Waals surface area contributed by atoms with Crippen molar-refractivity contribution >= 4 is 9.84 Å². The van der Waals surface area contributed by atoms with Crippen LogP contribution >= 0.6 is 0 Å². The molecule has 6 nitrogen and oxygen atoms in total. The van der Waals surface area contributed by atoms with Crippen molar-refractivity contribution in [2.45, 2.75) is 12.6 Å². The highest BCUT2D eigenvalue weighted by Crippen LogP contribution is 2.20. The van der Waals surface area contributed by atoms with E-state index < -0.39 is 9.84 Å². The van der Waals surface area contributed by atoms with Crippen LogP contribution in [0.25, 0.3) is 11.3 Å². The number of aromatic nitrogens is 3. The number of rotatable bonds is 4. The fourth-order valence-electron chi connectivity index (χ4n) is 2.15. The topological polar surface area (TPSA) is 87.7 Å². The zero-order valence-electron chi connectivity index (χ0n) is 10.7. The van der Waals surface area contributed by atoms with E-state index in [0.29, 0.717) is 6.54 Å². The summed E-state index contributed by atoms with van der Waals surface area (Å²) in [6.45, 7) is 0.547. The Bertz CT molecular complexity index is 722. The number of pyridine rings is 1. The lowest BCUT2D eigenvalue weighted by Gasteiger charge is -2.09. The lowest BCUT2D eigenvalue weighted by atomic mass is 10.1. The molecule has 20 heavy (non-hydrogen) atoms. The van der Waals surface area contributed by atoms with Gasteiger partial charge in [-0.1, -0.05) is 6.08 Å². The Labute approximate surface area is 116 Å². The molecule has 0 bridgehead atoms. The Balaban J connectivity index is 1.71. The Hall–Kier alpha value is -1.99. The number of hydrogen-bond donors (Lipinski definition) is 2. The van der Waals surface area contributed by atoms with Gasteiger partial charge in [-0.2, -0.15) is 5.10 Å². The summed E-state index contributed by atoms with van der Waals surface area (Å²) in [6, 6.07) is 3.67. The lowest BCUT2D eigenvalue weighted by Crippen LogP contribution is -2.29. The predicted octanol–water partition coefficient (Wildman–Crippen LogP) is 0.872. The minimum atomic E-state index is -3.03. The van der Waals surface area contributed by atoms with E-state index in [2.05, 4.69) is 20.5 Å². The molecule has 0 aromatic carbocycles. The molecule has 0 radical (unpaired) electrons. The summed E-state index contributed by atoms with van der Waals surface area (Å²) in [5.74, 6) is 0.118. The van der Waals surface area contributed by atoms with Crippen molar-refractivity contribution < 1.29 is 8.42 Å². The van der Waals surface area contributed by atoms with Crippen molar-refractivity contribution in [1.82, 2.24) is 20.5 Å². The van der Waals surface area contributed by atoms with E-state index in [-0.39, 0.29) is 11.8 Å². The first kappa shape index (κ1) is 13.0. The van der Waals surface area contributed by atoms with Crippen LogP contribution in [-0.2, 0) is 16.4 Å². The fourth-order valence-corrected chi connectivity index (χ4v) is 3.42. The summed E-state index contributed by atoms with van der Waals surface area (Å²) in [7, 11) is -3.03. The van der Waals surface area contributed by atoms with Crippen LogP contribution in [0.5, 0.6) is 0 Å². The SMILES string of the molecule is O=S1(=O)C=CC(NCc2cn[nH]c2-c2cccnc2)C1. The summed E-state index contributed by atoms with van der Waals surface area (Å²) in [6.07, 6.45) is 6.89. The van der Waals surface area contributed by atoms with E-state index in [0.717, 1.165) is 16.8 Å². The minimum absolute atomic E-state index is 0.118. The normalized spacial score (nSPS) is 20.3. The van der Waals surface area contributed by atoms with Crippen LogP contribution in [0.3, 0.4) is 0 Å². The van der Waals surface area contributed by atoms with Crippen LogP contribution in [0, 0.1) is 0 Å². The zero-order chi connectivity index (χ0) is 14.0. The first-order valence-electron chi connectivity index (χ1n) is 6.21. The molecule has 0 saturated heterocycles. The molecule has 3 heterocycles. The van der Waals surface area contributed by atoms with Gasteiger partial charge in [0.15, 0.2) is 9.84 Å². The third kappa shape index (κ3) is 2.78. The molecule has 1 aliphatic heterocycles. The Morgan fingerprint density at radius 1 is 1.40 bits per heavy atom. The van der Waals surface area contributed by atoms with Crippen molar-refractivity contribution in [2.75, 3.05) is 5.75 Å². The van der Waals surface area contributed by atoms with E-state index >= 15 is 0 Å². The average molecular weight is 290 g/mol. The van der Waals surface area contributed by atoms with E-state index in [1.807, 2.05) is 12.1 Å². The van der Waals surface area contributed by atoms with Gasteiger partial charge in [-0.3, -0.25) is 10.1 Å². The van der Waals surface area contributed by atoms with Crippen molar-refractivity contribution in [3.8, 4) is 11.3 Å². The first-order valence-corrected chi connectivity index (χ1v) is 7.92. The summed E-state index contributed by atoms with van der Waals surface area (Å²) < 4.78 is 22.7. The monoisotopic (exact) mass is 290 g/mol. The molecule has 0 amide bonds. The molecule has 1 unspecified atom stereocenters. The molecule has 1 aliphatic rings. The Kier molecular flexibility index (Phi) is 3.37. The molecule has 0 spiro atoms. The molecule has 7 heteroatoms. The maximum atomic E-state index is 11.3. The quantitative estimate of drug-likeness (QED) is 0.872. The van der Waals surface area contributed by atoms with Crippen LogP contribution in [0.2, 0.25) is 0 Å². The second-order valence-corrected chi connectivity index (χ2v) is 6.59. The fraction of sp³-hybridized carbons (Fsp3) is 0.231. The van der Waals surface area contributed by atoms with Gasteiger partial charge in [-0.25, -0.2) is 8.42 Å². The van der Waals surface area contributed by atoms with Gasteiger partial charge >= 0.3 is 0 Å². The molecule has 2 aromatic rings. The van der Waals surface area contributed by atoms with E-state index in [1.165, 1.54) is 5.41 Å². The highest BCUT2D eigenvalue weighted by atomic mass is 32.2. The molecule has 0 aliphatic carbocycles. The number of nitrogens with one attached hydrogen (secondary N) is 2. The third-order valence-electron chi connectivity index (χ3n) is 3.15. The van der Waals surface area contributed by atoms with E-state index in [9.17, 15) is 8.42 Å². The van der Waals surface area contributed by atoms with Crippen molar-refractivity contribution in [2.24, 2.45) is 0 Å². The van der Waals surface area contributed by atoms with Gasteiger partial charge in [0.05, 0.1) is 17.6 Å². The molecule has 1 atom stereocenters. The maximum absolute atomic E-state index is 11.3. The van der Waals surface area contributed by atoms with E-state index in [4.69, 9.17) is 0 Å². The Morgan fingerprint density at radius 3 is 3.00 bits per heavy atom. The van der Waals surface area contributed by atoms with Gasteiger partial charge in [0.2, 0.25) is 0 Å². The molecular formula is C13H14N4O2S. The highest BCUT2D eigenvalue weighted by Gasteiger charge is 2.21. The molecular weight excluding hydrogens is 276 g/mol. The standard InChI is InChI=1S/C13H14N4O2S/c18-20(19)5-3-12(9-20)15-7-11-8-16-17-13(11)10-2-1-4-14-6-10/h1-6,8,12,15H,7,9H2,(H,16,17). The highest BCUT2D eigenvalue weighted by molar-refractivity contribution is 7.94. The molecule has 2 aromatic heterocycles. The Morgan fingerprint density at radius 2 is 2.30 bits per heavy atom. The number of aromatic amines is 1. The number of nitrogens with zero attached hydrogens (tertiary/aromatic N) is 2. The number of H-pyrrole nitrogens is 1. The minimum Gasteiger partial charge on any atom is -0.305 e. The summed E-state index contributed by atoms with van der Waals surface area (Å²) in [5, 5.41) is 11.5. The van der Waals surface area contributed by atoms with Crippen LogP contribution < -0.4 is 5.32 Å². The summed E-state index contributed by atoms with van der Waals surface area (Å²) in [5.41, 5.74) is 2.84. The number of sulfone groups is 1. The van der Waals surface area contributed by atoms with Crippen LogP contribution in [0.4, 0.5) is 0 Å². The van der Waals surface area contributed by atoms with E-state index in [1.54, 1.807) is 24.7 Å². The smallest absolute Gasteiger partial charge is 0.173 e. The summed E-state index contributed by atoms with van der Waals surface area (Å²) >= 11 is 0. The summed E-state index contributed by atoms with van der Waals surface area (Å²) in [4.78, 5) is 4.08. The van der Waals surface area contributed by atoms with Crippen LogP contribution in [-0.4, -0.2) is 35.4 Å². The third-order valence-corrected chi connectivity index (χ3v) is 4.55. The predicted molar refractivity (Wildman–Crippen MR) is 75.4 cm³/mol. The molecule has 0 fully saturated rings. The van der Waals surface area contributed by atoms with Crippen molar-refractivity contribution in [3.05, 3.63) is 47.8 Å². The first-order chi connectivity index (χ1) is 9.64. The van der Waals surface area contributed by atoms with Crippen molar-refractivity contribution in [3.63, 3.8) is 0 Å². The number of hydrogen-bond acceptors (Lipinski definition) is 5. The maximum Gasteiger partial charge on any atom is 0.173 e. The van der Waals surface area contributed by atoms with Gasteiger partial charge in [-0.05, 0) is 12.1 Å². The molecule has 104 valence electrons. The van der Waals surface area contributed by atoms with Crippen molar-refractivity contribution in [1.29, 1.82) is 0 Å². The lowest BCUT2D eigenvalue weighted by molar-refractivity contribution is 0.590. The zero-order valence-corrected chi connectivity index (χ0v) is 11.5.